The quantitative estimate of drug-likeness (QED) is 0.790. The zero-order valence-electron chi connectivity index (χ0n) is 12.1. The van der Waals surface area contributed by atoms with Gasteiger partial charge in [0.2, 0.25) is 10.0 Å². The van der Waals surface area contributed by atoms with Gasteiger partial charge in [0.05, 0.1) is 21.2 Å². The first-order valence-corrected chi connectivity index (χ1v) is 9.98. The van der Waals surface area contributed by atoms with Gasteiger partial charge in [-0.1, -0.05) is 29.5 Å². The summed E-state index contributed by atoms with van der Waals surface area (Å²) >= 11 is 2.63. The lowest BCUT2D eigenvalue weighted by atomic mass is 10.1. The maximum absolute atomic E-state index is 12.7. The average Bonchev–Trinajstić information content (AvgIpc) is 2.76. The number of thiazole rings is 1. The highest BCUT2D eigenvalue weighted by Gasteiger charge is 2.30. The fourth-order valence-electron chi connectivity index (χ4n) is 1.84. The topological polar surface area (TPSA) is 59.1 Å². The molecule has 126 valence electrons. The lowest BCUT2D eigenvalue weighted by molar-refractivity contribution is -0.137. The molecular formula is C13H13F3N2O2S3. The second-order valence-electron chi connectivity index (χ2n) is 4.66. The van der Waals surface area contributed by atoms with Gasteiger partial charge >= 0.3 is 6.18 Å². The van der Waals surface area contributed by atoms with Crippen LogP contribution in [-0.4, -0.2) is 19.7 Å². The molecule has 0 amide bonds. The summed E-state index contributed by atoms with van der Waals surface area (Å²) < 4.78 is 65.4. The summed E-state index contributed by atoms with van der Waals surface area (Å²) in [5, 5.41) is 0.207. The molecule has 0 aliphatic heterocycles. The normalized spacial score (nSPS) is 12.4. The molecule has 0 spiro atoms. The van der Waals surface area contributed by atoms with Gasteiger partial charge in [-0.25, -0.2) is 13.4 Å². The van der Waals surface area contributed by atoms with E-state index in [4.69, 9.17) is 0 Å². The standard InChI is InChI=1S/C13H13F3N2O2S3/c1-8-11(21-2)22-12(17-8)18-23(19,20)7-9-4-3-5-10(6-9)13(14,15)16/h3-6H,7H2,1-2H3,(H,17,18). The van der Waals surface area contributed by atoms with Gasteiger partial charge in [-0.2, -0.15) is 13.2 Å². The predicted octanol–water partition coefficient (Wildman–Crippen LogP) is 4.13. The van der Waals surface area contributed by atoms with Crippen LogP contribution >= 0.6 is 23.1 Å². The van der Waals surface area contributed by atoms with Crippen LogP contribution in [0.2, 0.25) is 0 Å². The van der Waals surface area contributed by atoms with Gasteiger partial charge < -0.3 is 0 Å². The van der Waals surface area contributed by atoms with Crippen molar-refractivity contribution in [2.24, 2.45) is 0 Å². The lowest BCUT2D eigenvalue weighted by Crippen LogP contribution is -2.15. The number of thioether (sulfide) groups is 1. The molecule has 0 saturated heterocycles. The molecule has 1 N–H and O–H groups in total. The van der Waals surface area contributed by atoms with Crippen molar-refractivity contribution in [2.75, 3.05) is 11.0 Å². The molecule has 1 aromatic heterocycles. The zero-order chi connectivity index (χ0) is 17.3. The Balaban J connectivity index is 2.18. The summed E-state index contributed by atoms with van der Waals surface area (Å²) in [5.74, 6) is -0.551. The molecule has 2 rings (SSSR count). The van der Waals surface area contributed by atoms with Crippen LogP contribution in [0.5, 0.6) is 0 Å². The van der Waals surface area contributed by atoms with E-state index in [1.165, 1.54) is 35.2 Å². The Morgan fingerprint density at radius 2 is 2.04 bits per heavy atom. The number of alkyl halides is 3. The van der Waals surface area contributed by atoms with Gasteiger partial charge in [-0.3, -0.25) is 4.72 Å². The van der Waals surface area contributed by atoms with Crippen LogP contribution in [0.25, 0.3) is 0 Å². The number of nitrogens with zero attached hydrogens (tertiary/aromatic N) is 1. The monoisotopic (exact) mass is 382 g/mol. The fourth-order valence-corrected chi connectivity index (χ4v) is 4.85. The molecule has 23 heavy (non-hydrogen) atoms. The van der Waals surface area contributed by atoms with Crippen molar-refractivity contribution in [3.05, 3.63) is 41.1 Å². The summed E-state index contributed by atoms with van der Waals surface area (Å²) in [6.45, 7) is 1.76. The Morgan fingerprint density at radius 1 is 1.35 bits per heavy atom. The van der Waals surface area contributed by atoms with Crippen LogP contribution in [-0.2, 0) is 22.0 Å². The molecular weight excluding hydrogens is 369 g/mol. The number of hydrogen-bond donors (Lipinski definition) is 1. The molecule has 0 radical (unpaired) electrons. The van der Waals surface area contributed by atoms with Crippen LogP contribution in [0.3, 0.4) is 0 Å². The molecule has 0 saturated carbocycles. The smallest absolute Gasteiger partial charge is 0.258 e. The second-order valence-corrected chi connectivity index (χ2v) is 8.45. The number of sulfonamides is 1. The maximum atomic E-state index is 12.7. The van der Waals surface area contributed by atoms with Crippen LogP contribution in [0.1, 0.15) is 16.8 Å². The first-order chi connectivity index (χ1) is 10.6. The Bertz CT molecular complexity index is 801. The fraction of sp³-hybridized carbons (Fsp3) is 0.308. The van der Waals surface area contributed by atoms with E-state index >= 15 is 0 Å². The summed E-state index contributed by atoms with van der Waals surface area (Å²) in [6.07, 6.45) is -2.66. The highest BCUT2D eigenvalue weighted by Crippen LogP contribution is 2.32. The Labute approximate surface area is 140 Å². The zero-order valence-corrected chi connectivity index (χ0v) is 14.6. The van der Waals surface area contributed by atoms with Gasteiger partial charge in [0.1, 0.15) is 0 Å². The van der Waals surface area contributed by atoms with Crippen molar-refractivity contribution in [3.8, 4) is 0 Å². The first-order valence-electron chi connectivity index (χ1n) is 6.29. The van der Waals surface area contributed by atoms with Crippen molar-refractivity contribution >= 4 is 38.3 Å². The van der Waals surface area contributed by atoms with Gasteiger partial charge in [0, 0.05) is 0 Å². The number of halogens is 3. The van der Waals surface area contributed by atoms with Crippen molar-refractivity contribution < 1.29 is 21.6 Å². The molecule has 0 bridgehead atoms. The van der Waals surface area contributed by atoms with Gasteiger partial charge in [-0.05, 0) is 24.8 Å². The van der Waals surface area contributed by atoms with Gasteiger partial charge in [0.25, 0.3) is 0 Å². The van der Waals surface area contributed by atoms with E-state index in [-0.39, 0.29) is 10.7 Å². The Morgan fingerprint density at radius 3 is 2.61 bits per heavy atom. The Hall–Kier alpha value is -1.26. The highest BCUT2D eigenvalue weighted by molar-refractivity contribution is 8.00. The molecule has 0 aliphatic carbocycles. The summed E-state index contributed by atoms with van der Waals surface area (Å²) in [6, 6.07) is 4.26. The van der Waals surface area contributed by atoms with Gasteiger partial charge in [0.15, 0.2) is 5.13 Å². The minimum absolute atomic E-state index is 0.0608. The van der Waals surface area contributed by atoms with Crippen LogP contribution in [0, 0.1) is 6.92 Å². The predicted molar refractivity (Wildman–Crippen MR) is 86.3 cm³/mol. The number of benzene rings is 1. The Kier molecular flexibility index (Phi) is 5.27. The van der Waals surface area contributed by atoms with Gasteiger partial charge in [-0.15, -0.1) is 11.8 Å². The van der Waals surface area contributed by atoms with Crippen molar-refractivity contribution in [1.29, 1.82) is 0 Å². The molecule has 0 aliphatic rings. The number of anilines is 1. The largest absolute Gasteiger partial charge is 0.416 e. The van der Waals surface area contributed by atoms with E-state index in [1.54, 1.807) is 6.92 Å². The van der Waals surface area contributed by atoms with Crippen molar-refractivity contribution in [1.82, 2.24) is 4.98 Å². The third-order valence-corrected chi connectivity index (χ3v) is 6.42. The van der Waals surface area contributed by atoms with Crippen molar-refractivity contribution in [3.63, 3.8) is 0 Å². The summed E-state index contributed by atoms with van der Waals surface area (Å²) in [5.41, 5.74) is -0.107. The molecule has 0 atom stereocenters. The minimum atomic E-state index is -4.51. The van der Waals surface area contributed by atoms with E-state index in [0.717, 1.165) is 16.3 Å². The molecule has 10 heteroatoms. The third-order valence-electron chi connectivity index (χ3n) is 2.79. The molecule has 0 unspecified atom stereocenters. The van der Waals surface area contributed by atoms with E-state index in [2.05, 4.69) is 9.71 Å². The van der Waals surface area contributed by atoms with Crippen molar-refractivity contribution in [2.45, 2.75) is 23.1 Å². The summed E-state index contributed by atoms with van der Waals surface area (Å²) in [4.78, 5) is 4.09. The van der Waals surface area contributed by atoms with E-state index < -0.39 is 27.5 Å². The number of nitrogens with one attached hydrogen (secondary N) is 1. The van der Waals surface area contributed by atoms with E-state index in [0.29, 0.717) is 5.69 Å². The molecule has 0 fully saturated rings. The SMILES string of the molecule is CSc1sc(NS(=O)(=O)Cc2cccc(C(F)(F)F)c2)nc1C. The minimum Gasteiger partial charge on any atom is -0.258 e. The molecule has 1 aromatic carbocycles. The summed E-state index contributed by atoms with van der Waals surface area (Å²) in [7, 11) is -3.84. The molecule has 1 heterocycles. The second kappa shape index (κ2) is 6.70. The maximum Gasteiger partial charge on any atom is 0.416 e. The van der Waals surface area contributed by atoms with Crippen LogP contribution in [0.4, 0.5) is 18.3 Å². The number of hydrogen-bond acceptors (Lipinski definition) is 5. The molecule has 4 nitrogen and oxygen atoms in total. The lowest BCUT2D eigenvalue weighted by Gasteiger charge is -2.09. The molecule has 2 aromatic rings. The van der Waals surface area contributed by atoms with E-state index in [1.807, 2.05) is 6.26 Å². The number of rotatable bonds is 5. The third kappa shape index (κ3) is 4.85. The first kappa shape index (κ1) is 18.1. The van der Waals surface area contributed by atoms with Crippen LogP contribution in [0.15, 0.2) is 28.5 Å². The van der Waals surface area contributed by atoms with E-state index in [9.17, 15) is 21.6 Å². The highest BCUT2D eigenvalue weighted by atomic mass is 32.2. The van der Waals surface area contributed by atoms with Crippen LogP contribution < -0.4 is 4.72 Å². The number of aryl methyl sites for hydroxylation is 1. The number of aromatic nitrogens is 1. The average molecular weight is 382 g/mol.